The standard InChI is InChI=1S/C19H25N5O2/c1-10(2)14-7-21-15(8-20-14)24-17-12-5-11(12)6-13(17)16(23-24)18(26)22-19(3,4)9-25/h7-8,10-12,25H,5-6,9H2,1-4H3,(H,22,26)/t11-,12-/m1/s1. The van der Waals surface area contributed by atoms with Crippen LogP contribution in [0.1, 0.15) is 73.4 Å². The van der Waals surface area contributed by atoms with Gasteiger partial charge in [-0.1, -0.05) is 13.8 Å². The summed E-state index contributed by atoms with van der Waals surface area (Å²) in [5.74, 6) is 1.81. The third kappa shape index (κ3) is 2.80. The molecule has 2 aliphatic rings. The van der Waals surface area contributed by atoms with Gasteiger partial charge in [-0.2, -0.15) is 5.10 Å². The number of carbonyl (C=O) groups is 1. The molecule has 2 aromatic heterocycles. The zero-order valence-electron chi connectivity index (χ0n) is 15.7. The third-order valence-corrected chi connectivity index (χ3v) is 5.29. The van der Waals surface area contributed by atoms with Gasteiger partial charge in [-0.3, -0.25) is 9.78 Å². The number of nitrogens with one attached hydrogen (secondary N) is 1. The second-order valence-electron chi connectivity index (χ2n) is 8.38. The Morgan fingerprint density at radius 1 is 1.38 bits per heavy atom. The minimum absolute atomic E-state index is 0.130. The Morgan fingerprint density at radius 3 is 2.77 bits per heavy atom. The molecule has 26 heavy (non-hydrogen) atoms. The molecule has 2 atom stereocenters. The van der Waals surface area contributed by atoms with Crippen LogP contribution in [-0.2, 0) is 6.42 Å². The second-order valence-corrected chi connectivity index (χ2v) is 8.38. The summed E-state index contributed by atoms with van der Waals surface area (Å²) in [6, 6.07) is 0. The van der Waals surface area contributed by atoms with Crippen LogP contribution in [-0.4, -0.2) is 42.9 Å². The van der Waals surface area contributed by atoms with Gasteiger partial charge in [0.1, 0.15) is 0 Å². The average Bonchev–Trinajstić information content (AvgIpc) is 3.10. The summed E-state index contributed by atoms with van der Waals surface area (Å²) in [6.07, 6.45) is 5.55. The van der Waals surface area contributed by atoms with Crippen LogP contribution in [0.5, 0.6) is 0 Å². The Kier molecular flexibility index (Phi) is 3.87. The first-order valence-corrected chi connectivity index (χ1v) is 9.18. The van der Waals surface area contributed by atoms with E-state index in [1.54, 1.807) is 30.9 Å². The summed E-state index contributed by atoms with van der Waals surface area (Å²) in [5, 5.41) is 16.9. The zero-order valence-corrected chi connectivity index (χ0v) is 15.7. The lowest BCUT2D eigenvalue weighted by Gasteiger charge is -2.23. The fourth-order valence-electron chi connectivity index (χ4n) is 3.62. The Balaban J connectivity index is 1.72. The maximum Gasteiger partial charge on any atom is 0.272 e. The van der Waals surface area contributed by atoms with Crippen molar-refractivity contribution in [3.8, 4) is 5.82 Å². The largest absolute Gasteiger partial charge is 0.394 e. The number of aliphatic hydroxyl groups excluding tert-OH is 1. The molecule has 0 spiro atoms. The number of nitrogens with zero attached hydrogens (tertiary/aromatic N) is 4. The number of rotatable bonds is 5. The predicted molar refractivity (Wildman–Crippen MR) is 96.4 cm³/mol. The van der Waals surface area contributed by atoms with Crippen molar-refractivity contribution in [1.82, 2.24) is 25.1 Å². The highest BCUT2D eigenvalue weighted by molar-refractivity contribution is 5.95. The summed E-state index contributed by atoms with van der Waals surface area (Å²) < 4.78 is 1.80. The molecule has 0 unspecified atom stereocenters. The molecule has 0 bridgehead atoms. The molecule has 2 heterocycles. The SMILES string of the molecule is CC(C)c1cnc(-n2nc(C(=O)NC(C)(C)CO)c3c2[C@@H]2C[C@@H]2C3)cn1. The van der Waals surface area contributed by atoms with Crippen LogP contribution in [0.4, 0.5) is 0 Å². The van der Waals surface area contributed by atoms with Gasteiger partial charge in [0.2, 0.25) is 0 Å². The van der Waals surface area contributed by atoms with E-state index in [1.165, 1.54) is 0 Å². The van der Waals surface area contributed by atoms with Crippen LogP contribution in [0.15, 0.2) is 12.4 Å². The Bertz CT molecular complexity index is 854. The predicted octanol–water partition coefficient (Wildman–Crippen LogP) is 1.95. The van der Waals surface area contributed by atoms with Crippen molar-refractivity contribution < 1.29 is 9.90 Å². The van der Waals surface area contributed by atoms with Gasteiger partial charge in [0.15, 0.2) is 11.5 Å². The Morgan fingerprint density at radius 2 is 2.15 bits per heavy atom. The first-order chi connectivity index (χ1) is 12.3. The summed E-state index contributed by atoms with van der Waals surface area (Å²) in [7, 11) is 0. The van der Waals surface area contributed by atoms with Crippen molar-refractivity contribution in [2.75, 3.05) is 6.61 Å². The fraction of sp³-hybridized carbons (Fsp3) is 0.579. The summed E-state index contributed by atoms with van der Waals surface area (Å²) in [5.41, 5.74) is 2.82. The number of carbonyl (C=O) groups excluding carboxylic acids is 1. The van der Waals surface area contributed by atoms with Crippen LogP contribution in [0, 0.1) is 5.92 Å². The molecule has 4 rings (SSSR count). The number of hydrogen-bond acceptors (Lipinski definition) is 5. The lowest BCUT2D eigenvalue weighted by atomic mass is 10.1. The number of aliphatic hydroxyl groups is 1. The van der Waals surface area contributed by atoms with Crippen LogP contribution in [0.2, 0.25) is 0 Å². The topological polar surface area (TPSA) is 92.9 Å². The second kappa shape index (κ2) is 5.87. The van der Waals surface area contributed by atoms with Crippen LogP contribution in [0.25, 0.3) is 5.82 Å². The van der Waals surface area contributed by atoms with E-state index in [4.69, 9.17) is 0 Å². The van der Waals surface area contributed by atoms with Gasteiger partial charge in [-0.15, -0.1) is 0 Å². The van der Waals surface area contributed by atoms with Gasteiger partial charge in [0.05, 0.1) is 35.9 Å². The van der Waals surface area contributed by atoms with Gasteiger partial charge in [0, 0.05) is 11.5 Å². The number of hydrogen-bond donors (Lipinski definition) is 2. The van der Waals surface area contributed by atoms with Gasteiger partial charge in [0.25, 0.3) is 5.91 Å². The maximum atomic E-state index is 12.8. The Hall–Kier alpha value is -2.28. The van der Waals surface area contributed by atoms with E-state index in [2.05, 4.69) is 34.2 Å². The molecule has 7 nitrogen and oxygen atoms in total. The van der Waals surface area contributed by atoms with E-state index in [1.807, 2.05) is 0 Å². The monoisotopic (exact) mass is 355 g/mol. The lowest BCUT2D eigenvalue weighted by Crippen LogP contribution is -2.46. The van der Waals surface area contributed by atoms with Crippen molar-refractivity contribution in [3.05, 3.63) is 35.0 Å². The molecule has 1 fully saturated rings. The van der Waals surface area contributed by atoms with Crippen molar-refractivity contribution in [2.24, 2.45) is 5.92 Å². The first-order valence-electron chi connectivity index (χ1n) is 9.18. The van der Waals surface area contributed by atoms with Crippen LogP contribution < -0.4 is 5.32 Å². The van der Waals surface area contributed by atoms with E-state index in [0.29, 0.717) is 29.3 Å². The lowest BCUT2D eigenvalue weighted by molar-refractivity contribution is 0.0863. The van der Waals surface area contributed by atoms with Crippen molar-refractivity contribution in [1.29, 1.82) is 0 Å². The van der Waals surface area contributed by atoms with E-state index in [0.717, 1.165) is 29.8 Å². The van der Waals surface area contributed by atoms with Crippen molar-refractivity contribution in [3.63, 3.8) is 0 Å². The summed E-state index contributed by atoms with van der Waals surface area (Å²) in [4.78, 5) is 21.8. The van der Waals surface area contributed by atoms with E-state index in [9.17, 15) is 9.90 Å². The van der Waals surface area contributed by atoms with E-state index >= 15 is 0 Å². The summed E-state index contributed by atoms with van der Waals surface area (Å²) >= 11 is 0. The van der Waals surface area contributed by atoms with Crippen molar-refractivity contribution in [2.45, 2.75) is 57.9 Å². The smallest absolute Gasteiger partial charge is 0.272 e. The quantitative estimate of drug-likeness (QED) is 0.855. The minimum Gasteiger partial charge on any atom is -0.394 e. The van der Waals surface area contributed by atoms with Gasteiger partial charge >= 0.3 is 0 Å². The molecule has 1 amide bonds. The molecular formula is C19H25N5O2. The van der Waals surface area contributed by atoms with Crippen LogP contribution >= 0.6 is 0 Å². The van der Waals surface area contributed by atoms with Gasteiger partial charge in [-0.25, -0.2) is 9.67 Å². The highest BCUT2D eigenvalue weighted by Crippen LogP contribution is 2.57. The molecule has 0 saturated heterocycles. The molecule has 2 N–H and O–H groups in total. The van der Waals surface area contributed by atoms with E-state index < -0.39 is 5.54 Å². The minimum atomic E-state index is -0.687. The third-order valence-electron chi connectivity index (χ3n) is 5.29. The normalized spacial score (nSPS) is 20.8. The average molecular weight is 355 g/mol. The molecule has 0 radical (unpaired) electrons. The maximum absolute atomic E-state index is 12.8. The van der Waals surface area contributed by atoms with E-state index in [-0.39, 0.29) is 12.5 Å². The molecule has 138 valence electrons. The molecular weight excluding hydrogens is 330 g/mol. The zero-order chi connectivity index (χ0) is 18.6. The summed E-state index contributed by atoms with van der Waals surface area (Å²) in [6.45, 7) is 7.60. The van der Waals surface area contributed by atoms with Gasteiger partial charge < -0.3 is 10.4 Å². The number of amides is 1. The fourth-order valence-corrected chi connectivity index (χ4v) is 3.62. The van der Waals surface area contributed by atoms with Crippen molar-refractivity contribution >= 4 is 5.91 Å². The highest BCUT2D eigenvalue weighted by atomic mass is 16.3. The number of fused-ring (bicyclic) bond motifs is 3. The van der Waals surface area contributed by atoms with Crippen LogP contribution in [0.3, 0.4) is 0 Å². The molecule has 7 heteroatoms. The molecule has 0 aromatic carbocycles. The molecule has 2 aromatic rings. The molecule has 0 aliphatic heterocycles. The number of aromatic nitrogens is 4. The molecule has 1 saturated carbocycles. The molecule has 2 aliphatic carbocycles. The van der Waals surface area contributed by atoms with Gasteiger partial charge in [-0.05, 0) is 38.5 Å². The Labute approximate surface area is 152 Å². The highest BCUT2D eigenvalue weighted by Gasteiger charge is 2.50. The first kappa shape index (κ1) is 17.1.